The molecule has 2 aliphatic heterocycles. The molecule has 2 aliphatic carbocycles. The summed E-state index contributed by atoms with van der Waals surface area (Å²) in [6, 6.07) is 3.60. The fourth-order valence-electron chi connectivity index (χ4n) is 6.16. The van der Waals surface area contributed by atoms with Crippen LogP contribution < -0.4 is 4.74 Å². The number of likely N-dealkylation sites (tertiary alicyclic amines) is 1. The second kappa shape index (κ2) is 7.10. The number of aliphatic hydroxyl groups excluding tert-OH is 3. The van der Waals surface area contributed by atoms with Crippen molar-refractivity contribution < 1.29 is 39.5 Å². The van der Waals surface area contributed by atoms with Crippen LogP contribution in [0.1, 0.15) is 36.5 Å². The van der Waals surface area contributed by atoms with E-state index < -0.39 is 41.1 Å². The van der Waals surface area contributed by atoms with Gasteiger partial charge < -0.3 is 34.8 Å². The standard InChI is InChI=1S/C23H27NO8/c1-11(26)17(27)18(28)21(29)31-14-5-6-23(30)15-9-12-3-4-13(10-25)19-16(12)22(23,20(14)32-19)7-8-24(15)2/h3-5,15,17-18,20,25,27-28,30H,6-10H2,1-2H3/t15-,17+,18-,20+,22+,23-/m1/s1. The number of benzene rings is 1. The Morgan fingerprint density at radius 2 is 2.06 bits per heavy atom. The molecule has 9 nitrogen and oxygen atoms in total. The Kier molecular flexibility index (Phi) is 4.78. The van der Waals surface area contributed by atoms with Crippen molar-refractivity contribution in [2.45, 2.75) is 68.2 Å². The maximum atomic E-state index is 12.5. The lowest BCUT2D eigenvalue weighted by Crippen LogP contribution is -2.74. The highest BCUT2D eigenvalue weighted by Gasteiger charge is 2.71. The molecule has 1 saturated heterocycles. The molecule has 32 heavy (non-hydrogen) atoms. The lowest BCUT2D eigenvalue weighted by Gasteiger charge is -2.61. The van der Waals surface area contributed by atoms with Crippen molar-refractivity contribution in [3.8, 4) is 5.75 Å². The second-order valence-corrected chi connectivity index (χ2v) is 9.32. The molecular weight excluding hydrogens is 418 g/mol. The SMILES string of the molecule is CC(=O)[C@H](O)[C@@H](O)C(=O)OC1=CC[C@@]2(O)[C@H]3Cc4ccc(CO)c5c4[C@@]2(CCN3C)[C@H]1O5. The summed E-state index contributed by atoms with van der Waals surface area (Å²) in [4.78, 5) is 26.0. The Bertz CT molecular complexity index is 1040. The van der Waals surface area contributed by atoms with Gasteiger partial charge in [0.25, 0.3) is 0 Å². The summed E-state index contributed by atoms with van der Waals surface area (Å²) >= 11 is 0. The summed E-state index contributed by atoms with van der Waals surface area (Å²) in [6.07, 6.45) is -1.79. The van der Waals surface area contributed by atoms with Gasteiger partial charge in [-0.25, -0.2) is 4.79 Å². The molecule has 1 aromatic carbocycles. The summed E-state index contributed by atoms with van der Waals surface area (Å²) in [6.45, 7) is 1.52. The zero-order chi connectivity index (χ0) is 23.0. The summed E-state index contributed by atoms with van der Waals surface area (Å²) in [5.41, 5.74) is 0.411. The first-order valence-electron chi connectivity index (χ1n) is 10.8. The quantitative estimate of drug-likeness (QED) is 0.434. The van der Waals surface area contributed by atoms with Gasteiger partial charge >= 0.3 is 5.97 Å². The number of hydrogen-bond donors (Lipinski definition) is 4. The number of likely N-dealkylation sites (N-methyl/N-ethyl adjacent to an activating group) is 1. The van der Waals surface area contributed by atoms with Gasteiger partial charge in [0, 0.05) is 23.6 Å². The highest BCUT2D eigenvalue weighted by atomic mass is 16.6. The number of ether oxygens (including phenoxy) is 2. The van der Waals surface area contributed by atoms with Gasteiger partial charge in [-0.1, -0.05) is 12.1 Å². The number of nitrogens with zero attached hydrogens (tertiary/aromatic N) is 1. The first kappa shape index (κ1) is 21.5. The van der Waals surface area contributed by atoms with E-state index in [0.29, 0.717) is 30.7 Å². The van der Waals surface area contributed by atoms with E-state index in [9.17, 15) is 30.0 Å². The van der Waals surface area contributed by atoms with Crippen molar-refractivity contribution in [2.75, 3.05) is 13.6 Å². The summed E-state index contributed by atoms with van der Waals surface area (Å²) in [5.74, 6) is -1.29. The first-order valence-corrected chi connectivity index (χ1v) is 10.8. The van der Waals surface area contributed by atoms with Crippen molar-refractivity contribution in [1.29, 1.82) is 0 Å². The largest absolute Gasteiger partial charge is 0.481 e. The number of rotatable bonds is 5. The van der Waals surface area contributed by atoms with E-state index in [4.69, 9.17) is 9.47 Å². The second-order valence-electron chi connectivity index (χ2n) is 9.32. The molecule has 2 bridgehead atoms. The van der Waals surface area contributed by atoms with Crippen LogP contribution in [0.25, 0.3) is 0 Å². The van der Waals surface area contributed by atoms with Crippen molar-refractivity contribution in [1.82, 2.24) is 4.90 Å². The maximum absolute atomic E-state index is 12.5. The van der Waals surface area contributed by atoms with Crippen LogP contribution in [0.2, 0.25) is 0 Å². The van der Waals surface area contributed by atoms with E-state index in [2.05, 4.69) is 4.90 Å². The van der Waals surface area contributed by atoms with Crippen LogP contribution in [-0.2, 0) is 32.8 Å². The molecule has 4 N–H and O–H groups in total. The van der Waals surface area contributed by atoms with Gasteiger partial charge in [-0.3, -0.25) is 4.79 Å². The average molecular weight is 445 g/mol. The molecule has 0 unspecified atom stereocenters. The molecule has 6 atom stereocenters. The van der Waals surface area contributed by atoms with Crippen LogP contribution in [0.4, 0.5) is 0 Å². The number of carbonyl (C=O) groups is 2. The minimum Gasteiger partial charge on any atom is -0.481 e. The summed E-state index contributed by atoms with van der Waals surface area (Å²) in [7, 11) is 1.98. The molecule has 9 heteroatoms. The molecule has 5 rings (SSSR count). The fourth-order valence-corrected chi connectivity index (χ4v) is 6.16. The van der Waals surface area contributed by atoms with Crippen molar-refractivity contribution in [3.05, 3.63) is 40.7 Å². The Labute approximate surface area is 184 Å². The van der Waals surface area contributed by atoms with Crippen LogP contribution in [0.3, 0.4) is 0 Å². The number of ketones is 1. The molecular formula is C23H27NO8. The summed E-state index contributed by atoms with van der Waals surface area (Å²) in [5, 5.41) is 41.8. The molecule has 172 valence electrons. The van der Waals surface area contributed by atoms with Crippen molar-refractivity contribution >= 4 is 11.8 Å². The molecule has 1 aromatic rings. The van der Waals surface area contributed by atoms with Gasteiger partial charge in [0.2, 0.25) is 0 Å². The topological polar surface area (TPSA) is 137 Å². The van der Waals surface area contributed by atoms with Crippen LogP contribution in [-0.4, -0.2) is 80.6 Å². The molecule has 0 aromatic heterocycles. The van der Waals surface area contributed by atoms with E-state index >= 15 is 0 Å². The molecule has 1 spiro atoms. The maximum Gasteiger partial charge on any atom is 0.343 e. The molecule has 2 heterocycles. The van der Waals surface area contributed by atoms with Crippen molar-refractivity contribution in [2.24, 2.45) is 0 Å². The van der Waals surface area contributed by atoms with E-state index in [1.165, 1.54) is 0 Å². The summed E-state index contributed by atoms with van der Waals surface area (Å²) < 4.78 is 11.8. The minimum atomic E-state index is -2.03. The van der Waals surface area contributed by atoms with Gasteiger partial charge in [0.15, 0.2) is 18.0 Å². The average Bonchev–Trinajstić information content (AvgIpc) is 3.12. The van der Waals surface area contributed by atoms with Gasteiger partial charge in [-0.05, 0) is 45.0 Å². The van der Waals surface area contributed by atoms with Crippen LogP contribution in [0.5, 0.6) is 5.75 Å². The monoisotopic (exact) mass is 445 g/mol. The van der Waals surface area contributed by atoms with E-state index in [-0.39, 0.29) is 24.8 Å². The minimum absolute atomic E-state index is 0.130. The third-order valence-electron chi connectivity index (χ3n) is 7.80. The highest BCUT2D eigenvalue weighted by molar-refractivity contribution is 5.88. The fraction of sp³-hybridized carbons (Fsp3) is 0.565. The zero-order valence-corrected chi connectivity index (χ0v) is 17.9. The third-order valence-corrected chi connectivity index (χ3v) is 7.80. The number of aliphatic hydroxyl groups is 4. The van der Waals surface area contributed by atoms with Gasteiger partial charge in [-0.15, -0.1) is 0 Å². The predicted molar refractivity (Wildman–Crippen MR) is 110 cm³/mol. The van der Waals surface area contributed by atoms with Crippen molar-refractivity contribution in [3.63, 3.8) is 0 Å². The van der Waals surface area contributed by atoms with E-state index in [0.717, 1.165) is 18.1 Å². The lowest BCUT2D eigenvalue weighted by molar-refractivity contribution is -0.175. The molecule has 1 fully saturated rings. The first-order chi connectivity index (χ1) is 15.2. The number of Topliss-reactive ketones (excluding diaryl/α,β-unsaturated/α-hetero) is 1. The number of piperidine rings is 1. The van der Waals surface area contributed by atoms with E-state index in [1.54, 1.807) is 6.08 Å². The third kappa shape index (κ3) is 2.57. The van der Waals surface area contributed by atoms with E-state index in [1.807, 2.05) is 19.2 Å². The normalized spacial score (nSPS) is 34.1. The smallest absolute Gasteiger partial charge is 0.343 e. The van der Waals surface area contributed by atoms with Crippen LogP contribution in [0.15, 0.2) is 24.0 Å². The predicted octanol–water partition coefficient (Wildman–Crippen LogP) is -0.689. The number of carbonyl (C=O) groups excluding carboxylic acids is 2. The Morgan fingerprint density at radius 1 is 1.31 bits per heavy atom. The lowest BCUT2D eigenvalue weighted by atomic mass is 9.50. The zero-order valence-electron chi connectivity index (χ0n) is 17.9. The molecule has 0 saturated carbocycles. The van der Waals surface area contributed by atoms with Gasteiger partial charge in [0.05, 0.1) is 17.6 Å². The number of esters is 1. The van der Waals surface area contributed by atoms with Gasteiger partial charge in [-0.2, -0.15) is 0 Å². The van der Waals surface area contributed by atoms with Gasteiger partial charge in [0.1, 0.15) is 17.6 Å². The molecule has 0 amide bonds. The van der Waals surface area contributed by atoms with Crippen LogP contribution in [0, 0.1) is 0 Å². The number of hydrogen-bond acceptors (Lipinski definition) is 9. The molecule has 0 radical (unpaired) electrons. The van der Waals surface area contributed by atoms with Crippen LogP contribution >= 0.6 is 0 Å². The highest BCUT2D eigenvalue weighted by Crippen LogP contribution is 2.64. The molecule has 4 aliphatic rings. The Balaban J connectivity index is 1.60. The Morgan fingerprint density at radius 3 is 2.75 bits per heavy atom. The Hall–Kier alpha value is -2.30.